The van der Waals surface area contributed by atoms with Crippen LogP contribution >= 0.6 is 11.8 Å². The summed E-state index contributed by atoms with van der Waals surface area (Å²) in [7, 11) is 0. The molecule has 25 heavy (non-hydrogen) atoms. The van der Waals surface area contributed by atoms with Gasteiger partial charge in [-0.05, 0) is 34.6 Å². The normalized spacial score (nSPS) is 12.2. The lowest BCUT2D eigenvalue weighted by Crippen LogP contribution is -2.25. The minimum atomic E-state index is -0.362. The monoisotopic (exact) mass is 346 g/mol. The number of hydrogen-bond donors (Lipinski definition) is 1. The smallest absolute Gasteiger partial charge is 0.0950 e. The Morgan fingerprint density at radius 1 is 0.760 bits per heavy atom. The summed E-state index contributed by atoms with van der Waals surface area (Å²) in [4.78, 5) is 1.10. The number of allylic oxidation sites excluding steroid dienone is 1. The van der Waals surface area contributed by atoms with Gasteiger partial charge in [-0.15, -0.1) is 11.8 Å². The molecule has 3 rings (SSSR count). The van der Waals surface area contributed by atoms with Crippen LogP contribution in [-0.4, -0.2) is 11.7 Å². The van der Waals surface area contributed by atoms with Crippen LogP contribution in [-0.2, 0) is 4.75 Å². The summed E-state index contributed by atoms with van der Waals surface area (Å²) in [5, 5.41) is 9.36. The predicted octanol–water partition coefficient (Wildman–Crippen LogP) is 5.61. The van der Waals surface area contributed by atoms with Gasteiger partial charge in [0.05, 0.1) is 11.4 Å². The average molecular weight is 346 g/mol. The maximum absolute atomic E-state index is 9.36. The molecule has 1 nitrogen and oxygen atoms in total. The Morgan fingerprint density at radius 3 is 1.44 bits per heavy atom. The van der Waals surface area contributed by atoms with Gasteiger partial charge in [-0.1, -0.05) is 91.0 Å². The highest BCUT2D eigenvalue weighted by atomic mass is 32.2. The number of hydrogen-bond acceptors (Lipinski definition) is 2. The molecule has 1 N–H and O–H groups in total. The number of benzene rings is 3. The first-order valence-electron chi connectivity index (χ1n) is 8.40. The van der Waals surface area contributed by atoms with E-state index in [0.717, 1.165) is 4.91 Å². The van der Waals surface area contributed by atoms with Crippen LogP contribution < -0.4 is 0 Å². The molecule has 0 unspecified atom stereocenters. The zero-order chi connectivity index (χ0) is 17.5. The highest BCUT2D eigenvalue weighted by Crippen LogP contribution is 2.51. The van der Waals surface area contributed by atoms with Crippen molar-refractivity contribution in [3.05, 3.63) is 119 Å². The lowest BCUT2D eigenvalue weighted by Gasteiger charge is -2.35. The summed E-state index contributed by atoms with van der Waals surface area (Å²) in [5.74, 6) is 0. The minimum absolute atomic E-state index is 0.0489. The van der Waals surface area contributed by atoms with E-state index in [-0.39, 0.29) is 11.4 Å². The van der Waals surface area contributed by atoms with E-state index in [1.54, 1.807) is 11.8 Å². The third kappa shape index (κ3) is 3.71. The van der Waals surface area contributed by atoms with Gasteiger partial charge in [0, 0.05) is 0 Å². The molecule has 0 aliphatic rings. The van der Waals surface area contributed by atoms with Crippen LogP contribution in [0.15, 0.2) is 102 Å². The molecule has 0 aliphatic carbocycles. The van der Waals surface area contributed by atoms with Crippen LogP contribution in [0.4, 0.5) is 0 Å². The van der Waals surface area contributed by atoms with Crippen LogP contribution in [0.25, 0.3) is 0 Å². The predicted molar refractivity (Wildman–Crippen MR) is 108 cm³/mol. The van der Waals surface area contributed by atoms with Gasteiger partial charge in [-0.25, -0.2) is 0 Å². The van der Waals surface area contributed by atoms with Crippen LogP contribution in [0.1, 0.15) is 23.6 Å². The third-order valence-corrected chi connectivity index (χ3v) is 5.74. The maximum Gasteiger partial charge on any atom is 0.0950 e. The SMILES string of the molecule is C/C(=C/CO)SC(c1ccccc1)(c1ccccc1)c1ccccc1. The molecule has 0 saturated carbocycles. The maximum atomic E-state index is 9.36. The van der Waals surface area contributed by atoms with Crippen molar-refractivity contribution in [3.8, 4) is 0 Å². The summed E-state index contributed by atoms with van der Waals surface area (Å²) in [6.45, 7) is 2.11. The molecule has 0 radical (unpaired) electrons. The van der Waals surface area contributed by atoms with Crippen molar-refractivity contribution in [1.82, 2.24) is 0 Å². The lowest BCUT2D eigenvalue weighted by molar-refractivity contribution is 0.342. The largest absolute Gasteiger partial charge is 0.392 e. The Labute approximate surface area is 154 Å². The van der Waals surface area contributed by atoms with Gasteiger partial charge in [0.15, 0.2) is 0 Å². The molecule has 0 aliphatic heterocycles. The van der Waals surface area contributed by atoms with Gasteiger partial charge in [0.25, 0.3) is 0 Å². The molecular weight excluding hydrogens is 324 g/mol. The van der Waals surface area contributed by atoms with Gasteiger partial charge in [-0.2, -0.15) is 0 Å². The van der Waals surface area contributed by atoms with E-state index in [1.807, 2.05) is 24.3 Å². The molecule has 0 heterocycles. The summed E-state index contributed by atoms with van der Waals surface area (Å²) in [5.41, 5.74) is 3.68. The quantitative estimate of drug-likeness (QED) is 0.586. The van der Waals surface area contributed by atoms with Gasteiger partial charge in [0.1, 0.15) is 0 Å². The van der Waals surface area contributed by atoms with Gasteiger partial charge in [-0.3, -0.25) is 0 Å². The van der Waals surface area contributed by atoms with Crippen molar-refractivity contribution >= 4 is 11.8 Å². The van der Waals surface area contributed by atoms with E-state index < -0.39 is 0 Å². The van der Waals surface area contributed by atoms with Crippen LogP contribution in [0.2, 0.25) is 0 Å². The Morgan fingerprint density at radius 2 is 1.12 bits per heavy atom. The molecule has 3 aromatic carbocycles. The van der Waals surface area contributed by atoms with E-state index in [0.29, 0.717) is 0 Å². The molecule has 0 amide bonds. The van der Waals surface area contributed by atoms with Crippen molar-refractivity contribution < 1.29 is 5.11 Å². The van der Waals surface area contributed by atoms with E-state index in [2.05, 4.69) is 79.7 Å². The fourth-order valence-corrected chi connectivity index (χ4v) is 4.51. The molecule has 0 fully saturated rings. The molecule has 0 bridgehead atoms. The number of thioether (sulfide) groups is 1. The average Bonchev–Trinajstić information content (AvgIpc) is 2.68. The first-order chi connectivity index (χ1) is 12.3. The Hall–Kier alpha value is -2.29. The molecule has 3 aromatic rings. The zero-order valence-electron chi connectivity index (χ0n) is 14.3. The fourth-order valence-electron chi connectivity index (χ4n) is 3.11. The molecule has 0 spiro atoms. The summed E-state index contributed by atoms with van der Waals surface area (Å²) in [6, 6.07) is 31.7. The first kappa shape index (κ1) is 17.5. The number of aliphatic hydroxyl groups excluding tert-OH is 1. The molecule has 0 atom stereocenters. The van der Waals surface area contributed by atoms with E-state index in [1.165, 1.54) is 16.7 Å². The second-order valence-corrected chi connectivity index (χ2v) is 7.34. The van der Waals surface area contributed by atoms with Crippen LogP contribution in [0, 0.1) is 0 Å². The lowest BCUT2D eigenvalue weighted by atomic mass is 9.84. The van der Waals surface area contributed by atoms with Crippen molar-refractivity contribution in [2.24, 2.45) is 0 Å². The highest BCUT2D eigenvalue weighted by Gasteiger charge is 2.37. The third-order valence-electron chi connectivity index (χ3n) is 4.23. The molecule has 2 heteroatoms. The molecule has 126 valence electrons. The van der Waals surface area contributed by atoms with Gasteiger partial charge >= 0.3 is 0 Å². The van der Waals surface area contributed by atoms with Crippen LogP contribution in [0.5, 0.6) is 0 Å². The van der Waals surface area contributed by atoms with Crippen molar-refractivity contribution in [1.29, 1.82) is 0 Å². The Bertz CT molecular complexity index is 714. The highest BCUT2D eigenvalue weighted by molar-refractivity contribution is 8.04. The standard InChI is InChI=1S/C23H22OS/c1-19(17-18-24)25-23(20-11-5-2-6-12-20,21-13-7-3-8-14-21)22-15-9-4-10-16-22/h2-17,24H,18H2,1H3/b19-17-. The van der Waals surface area contributed by atoms with Gasteiger partial charge < -0.3 is 5.11 Å². The Kier molecular flexibility index (Phi) is 5.75. The Balaban J connectivity index is 2.29. The first-order valence-corrected chi connectivity index (χ1v) is 9.22. The molecular formula is C23H22OS. The van der Waals surface area contributed by atoms with E-state index in [4.69, 9.17) is 0 Å². The number of aliphatic hydroxyl groups is 1. The minimum Gasteiger partial charge on any atom is -0.392 e. The fraction of sp³-hybridized carbons (Fsp3) is 0.130. The van der Waals surface area contributed by atoms with Crippen LogP contribution in [0.3, 0.4) is 0 Å². The summed E-state index contributed by atoms with van der Waals surface area (Å²) in [6.07, 6.45) is 1.87. The summed E-state index contributed by atoms with van der Waals surface area (Å²) < 4.78 is -0.362. The second kappa shape index (κ2) is 8.19. The molecule has 0 aromatic heterocycles. The topological polar surface area (TPSA) is 20.2 Å². The van der Waals surface area contributed by atoms with E-state index >= 15 is 0 Å². The van der Waals surface area contributed by atoms with Gasteiger partial charge in [0.2, 0.25) is 0 Å². The molecule has 0 saturated heterocycles. The van der Waals surface area contributed by atoms with Crippen molar-refractivity contribution in [2.45, 2.75) is 11.7 Å². The second-order valence-electron chi connectivity index (χ2n) is 5.88. The van der Waals surface area contributed by atoms with Crippen molar-refractivity contribution in [3.63, 3.8) is 0 Å². The zero-order valence-corrected chi connectivity index (χ0v) is 15.1. The van der Waals surface area contributed by atoms with Crippen molar-refractivity contribution in [2.75, 3.05) is 6.61 Å². The van der Waals surface area contributed by atoms with E-state index in [9.17, 15) is 5.11 Å². The number of rotatable bonds is 6. The summed E-state index contributed by atoms with van der Waals surface area (Å²) >= 11 is 1.78.